The van der Waals surface area contributed by atoms with Crippen LogP contribution in [0.3, 0.4) is 0 Å². The van der Waals surface area contributed by atoms with Gasteiger partial charge in [0, 0.05) is 83.0 Å². The highest BCUT2D eigenvalue weighted by Crippen LogP contribution is 2.50. The zero-order chi connectivity index (χ0) is 82.9. The van der Waals surface area contributed by atoms with Crippen molar-refractivity contribution in [3.63, 3.8) is 0 Å². The van der Waals surface area contributed by atoms with E-state index in [1.165, 1.54) is 11.1 Å². The summed E-state index contributed by atoms with van der Waals surface area (Å²) in [5, 5.41) is 12.1. The second-order valence-corrected chi connectivity index (χ2v) is 32.5. The average Bonchev–Trinajstić information content (AvgIpc) is 1.55. The van der Waals surface area contributed by atoms with Gasteiger partial charge in [0.05, 0.1) is 27.5 Å². The van der Waals surface area contributed by atoms with Crippen molar-refractivity contribution in [2.45, 2.75) is 38.9 Å². The Morgan fingerprint density at radius 1 is 0.226 bits per heavy atom. The van der Waals surface area contributed by atoms with Crippen LogP contribution in [-0.4, -0.2) is 48.2 Å². The Balaban J connectivity index is 0.000000118. The van der Waals surface area contributed by atoms with E-state index in [2.05, 4.69) is 200 Å². The zero-order valence-corrected chi connectivity index (χ0v) is 68.1. The number of benzene rings is 16. The SMILES string of the molecule is CC1(C)OB(c2cc3oc4ccc5c6ccccc6oc5c4c3c3c2oc2ccccc23)OC1(C)C.Clc1nc(-c2ccc(-c3ccccc3)cc2)nc(-c2ccc(-c3ccccc3)cc2)n1.[HH].c1ccc(-c2ccc(-c3nc(-c4ccc(-c5ccccc5)cc4)nc(-c4cc5oc6ccc7c8ccccc8oc7c6c5c5c4oc4ccccc45)n3)cc2)cc1. The Bertz CT molecular complexity index is 8090. The molecule has 16 aromatic carbocycles. The van der Waals surface area contributed by atoms with E-state index in [4.69, 9.17) is 62.4 Å². The molecule has 25 rings (SSSR count). The van der Waals surface area contributed by atoms with Crippen LogP contribution >= 0.6 is 11.6 Å². The monoisotopic (exact) mass is 1630 g/mol. The Morgan fingerprint density at radius 2 is 0.516 bits per heavy atom. The van der Waals surface area contributed by atoms with E-state index in [0.717, 1.165) is 182 Å². The van der Waals surface area contributed by atoms with Crippen LogP contribution in [0.5, 0.6) is 0 Å². The molecule has 0 spiro atoms. The summed E-state index contributed by atoms with van der Waals surface area (Å²) in [6.45, 7) is 8.23. The van der Waals surface area contributed by atoms with Crippen LogP contribution in [0.1, 0.15) is 29.1 Å². The molecule has 16 heteroatoms. The van der Waals surface area contributed by atoms with Crippen LogP contribution in [0, 0.1) is 0 Å². The van der Waals surface area contributed by atoms with E-state index in [1.54, 1.807) is 0 Å². The van der Waals surface area contributed by atoms with E-state index in [1.807, 2.05) is 194 Å². The number of fused-ring (bicyclic) bond motifs is 22. The number of hydrogen-bond acceptors (Lipinski definition) is 14. The fraction of sp³-hybridized carbons (Fsp3) is 0.0556. The maximum absolute atomic E-state index is 6.78. The summed E-state index contributed by atoms with van der Waals surface area (Å²) in [6, 6.07) is 119. The highest BCUT2D eigenvalue weighted by Gasteiger charge is 2.53. The van der Waals surface area contributed by atoms with Gasteiger partial charge in [-0.05, 0) is 144 Å². The number of rotatable bonds is 10. The number of hydrogen-bond donors (Lipinski definition) is 0. The average molecular weight is 1630 g/mol. The third kappa shape index (κ3) is 12.7. The van der Waals surface area contributed by atoms with Crippen LogP contribution in [0.4, 0.5) is 0 Å². The van der Waals surface area contributed by atoms with Crippen molar-refractivity contribution in [1.82, 2.24) is 29.9 Å². The smallest absolute Gasteiger partial charge is 0.456 e. The van der Waals surface area contributed by atoms with Crippen molar-refractivity contribution in [1.29, 1.82) is 0 Å². The third-order valence-electron chi connectivity index (χ3n) is 24.2. The lowest BCUT2D eigenvalue weighted by Crippen LogP contribution is -2.41. The Labute approximate surface area is 715 Å². The molecule has 24 aromatic rings. The van der Waals surface area contributed by atoms with Gasteiger partial charge in [-0.1, -0.05) is 291 Å². The van der Waals surface area contributed by atoms with Gasteiger partial charge >= 0.3 is 7.12 Å². The summed E-state index contributed by atoms with van der Waals surface area (Å²) in [4.78, 5) is 28.8. The molecule has 0 atom stereocenters. The molecule has 0 saturated carbocycles. The molecule has 592 valence electrons. The Kier molecular flexibility index (Phi) is 17.5. The van der Waals surface area contributed by atoms with Crippen LogP contribution in [0.2, 0.25) is 5.28 Å². The summed E-state index contributed by atoms with van der Waals surface area (Å²) in [7, 11) is -0.582. The molecule has 1 aliphatic rings. The quantitative estimate of drug-likeness (QED) is 0.118. The minimum Gasteiger partial charge on any atom is -0.456 e. The van der Waals surface area contributed by atoms with Gasteiger partial charge in [-0.25, -0.2) is 19.9 Å². The predicted octanol–water partition coefficient (Wildman–Crippen LogP) is 29.0. The van der Waals surface area contributed by atoms with Gasteiger partial charge in [0.25, 0.3) is 0 Å². The van der Waals surface area contributed by atoms with Crippen LogP contribution in [-0.2, 0) is 9.31 Å². The number of halogens is 1. The molecule has 9 heterocycles. The molecular weight excluding hydrogens is 1560 g/mol. The minimum atomic E-state index is -0.582. The molecular formula is C108H72BClN6O8. The van der Waals surface area contributed by atoms with Gasteiger partial charge in [-0.3, -0.25) is 0 Å². The topological polar surface area (TPSA) is 175 Å². The van der Waals surface area contributed by atoms with E-state index in [-0.39, 0.29) is 6.71 Å². The lowest BCUT2D eigenvalue weighted by molar-refractivity contribution is 0.00578. The van der Waals surface area contributed by atoms with Crippen LogP contribution in [0.15, 0.2) is 378 Å². The van der Waals surface area contributed by atoms with E-state index in [0.29, 0.717) is 45.9 Å². The highest BCUT2D eigenvalue weighted by atomic mass is 35.5. The summed E-state index contributed by atoms with van der Waals surface area (Å²) in [5.74, 6) is 2.71. The summed E-state index contributed by atoms with van der Waals surface area (Å²) >= 11 is 6.24. The lowest BCUT2D eigenvalue weighted by atomic mass is 9.77. The Hall–Kier alpha value is -15.4. The van der Waals surface area contributed by atoms with Crippen molar-refractivity contribution in [3.8, 4) is 101 Å². The van der Waals surface area contributed by atoms with Gasteiger partial charge in [-0.2, -0.15) is 9.97 Å². The van der Waals surface area contributed by atoms with Gasteiger partial charge in [0.2, 0.25) is 5.28 Å². The maximum Gasteiger partial charge on any atom is 0.498 e. The first kappa shape index (κ1) is 73.7. The van der Waals surface area contributed by atoms with Gasteiger partial charge in [-0.15, -0.1) is 0 Å². The number of para-hydroxylation sites is 4. The van der Waals surface area contributed by atoms with E-state index < -0.39 is 18.3 Å². The number of aromatic nitrogens is 6. The summed E-state index contributed by atoms with van der Waals surface area (Å²) in [5.41, 5.74) is 22.5. The first-order valence-corrected chi connectivity index (χ1v) is 41.6. The summed E-state index contributed by atoms with van der Waals surface area (Å²) in [6.07, 6.45) is 0. The molecule has 1 fully saturated rings. The molecule has 0 aliphatic carbocycles. The van der Waals surface area contributed by atoms with Crippen molar-refractivity contribution in [3.05, 3.63) is 357 Å². The second-order valence-electron chi connectivity index (χ2n) is 32.2. The first-order valence-electron chi connectivity index (χ1n) is 41.2. The highest BCUT2D eigenvalue weighted by molar-refractivity contribution is 6.66. The van der Waals surface area contributed by atoms with Crippen molar-refractivity contribution >= 4 is 156 Å². The number of furan rings is 6. The van der Waals surface area contributed by atoms with Gasteiger partial charge in [0.1, 0.15) is 67.0 Å². The number of nitrogens with zero attached hydrogens (tertiary/aromatic N) is 6. The molecule has 0 radical (unpaired) electrons. The molecule has 0 bridgehead atoms. The standard InChI is InChI=1S/C51H29N3O3.C30H23BO5.C27H18ClN3.H2/c1-3-11-30(12-4-1)32-19-23-34(24-20-32)49-52-50(35-25-21-33(22-26-35)31-13-5-2-6-14-31)54-51(53-49)39-29-43-45(44-38-16-8-10-18-41(38)57-48(39)44)46-42(55-43)28-27-37-36-15-7-9-17-40(36)56-47(37)46;1-29(2)30(3,4)36-31(35-29)19-15-23-25(24-18-10-6-8-12-21(18)34-28(19)24)26-22(32-23)14-13-17-16-9-5-7-11-20(16)33-27(17)26;28-27-30-25(23-15-11-21(12-16-23)19-7-3-1-4-8-19)29-26(31-27)24-17-13-22(14-18-24)20-9-5-2-6-10-20;/h1-29H;5-15H,1-4H3;1-18H;1H. The zero-order valence-electron chi connectivity index (χ0n) is 67.4. The van der Waals surface area contributed by atoms with Gasteiger partial charge in [0.15, 0.2) is 29.1 Å². The normalized spacial score (nSPS) is 13.2. The fourth-order valence-corrected chi connectivity index (χ4v) is 17.5. The van der Waals surface area contributed by atoms with Crippen LogP contribution < -0.4 is 5.46 Å². The van der Waals surface area contributed by atoms with Crippen molar-refractivity contribution in [2.24, 2.45) is 0 Å². The third-order valence-corrected chi connectivity index (χ3v) is 24.4. The lowest BCUT2D eigenvalue weighted by Gasteiger charge is -2.32. The molecule has 8 aromatic heterocycles. The maximum atomic E-state index is 6.78. The summed E-state index contributed by atoms with van der Waals surface area (Å²) < 4.78 is 52.3. The van der Waals surface area contributed by atoms with E-state index in [9.17, 15) is 0 Å². The van der Waals surface area contributed by atoms with Crippen molar-refractivity contribution in [2.75, 3.05) is 0 Å². The molecule has 1 saturated heterocycles. The molecule has 1 aliphatic heterocycles. The molecule has 0 N–H and O–H groups in total. The molecule has 0 unspecified atom stereocenters. The van der Waals surface area contributed by atoms with E-state index >= 15 is 0 Å². The molecule has 0 amide bonds. The fourth-order valence-electron chi connectivity index (χ4n) is 17.3. The largest absolute Gasteiger partial charge is 0.498 e. The van der Waals surface area contributed by atoms with Gasteiger partial charge < -0.3 is 35.8 Å². The Morgan fingerprint density at radius 3 is 0.903 bits per heavy atom. The predicted molar refractivity (Wildman–Crippen MR) is 502 cm³/mol. The first-order chi connectivity index (χ1) is 60.8. The van der Waals surface area contributed by atoms with Crippen molar-refractivity contribution < 1.29 is 37.2 Å². The molecule has 14 nitrogen and oxygen atoms in total. The second kappa shape index (κ2) is 29.5. The molecule has 124 heavy (non-hydrogen) atoms. The minimum absolute atomic E-state index is 0. The van der Waals surface area contributed by atoms with Crippen LogP contribution in [0.25, 0.3) is 233 Å².